The number of aliphatic carboxylic acids is 1. The van der Waals surface area contributed by atoms with Crippen molar-refractivity contribution < 1.29 is 20.1 Å². The molecule has 2 atom stereocenters. The quantitative estimate of drug-likeness (QED) is 0.701. The predicted molar refractivity (Wildman–Crippen MR) is 69.1 cm³/mol. The first-order chi connectivity index (χ1) is 8.45. The second-order valence-corrected chi connectivity index (χ2v) is 4.72. The molecule has 4 nitrogen and oxygen atoms in total. The molecule has 0 saturated heterocycles. The second kappa shape index (κ2) is 6.95. The number of benzene rings is 1. The van der Waals surface area contributed by atoms with Crippen LogP contribution in [0.3, 0.4) is 0 Å². The summed E-state index contributed by atoms with van der Waals surface area (Å²) in [5, 5.41) is 28.8. The molecular formula is C12H14Cl2O4. The summed E-state index contributed by atoms with van der Waals surface area (Å²) < 4.78 is 0. The van der Waals surface area contributed by atoms with E-state index in [1.807, 2.05) is 0 Å². The summed E-state index contributed by atoms with van der Waals surface area (Å²) in [4.78, 5) is 10.7. The van der Waals surface area contributed by atoms with Crippen LogP contribution in [-0.4, -0.2) is 33.3 Å². The zero-order valence-electron chi connectivity index (χ0n) is 9.51. The monoisotopic (exact) mass is 292 g/mol. The highest BCUT2D eigenvalue weighted by atomic mass is 35.5. The van der Waals surface area contributed by atoms with Gasteiger partial charge in [-0.05, 0) is 29.7 Å². The number of hydrogen-bond acceptors (Lipinski definition) is 3. The number of carbonyl (C=O) groups is 1. The van der Waals surface area contributed by atoms with Crippen molar-refractivity contribution in [3.8, 4) is 0 Å². The molecule has 100 valence electrons. The Labute approximate surface area is 115 Å². The van der Waals surface area contributed by atoms with Crippen molar-refractivity contribution in [1.29, 1.82) is 0 Å². The van der Waals surface area contributed by atoms with Crippen LogP contribution in [0.4, 0.5) is 0 Å². The minimum absolute atomic E-state index is 0.208. The number of aliphatic hydroxyl groups excluding tert-OH is 2. The van der Waals surface area contributed by atoms with Crippen molar-refractivity contribution in [3.63, 3.8) is 0 Å². The maximum Gasteiger partial charge on any atom is 0.307 e. The second-order valence-electron chi connectivity index (χ2n) is 3.90. The molecule has 0 fully saturated rings. The standard InChI is InChI=1S/C12H14Cl2O4/c13-4-3-10(15)12(18)9-2-1-8(14)5-7(9)6-11(16)17/h1-2,5,10,12,15,18H,3-4,6H2,(H,16,17). The number of alkyl halides is 1. The van der Waals surface area contributed by atoms with Crippen LogP contribution in [0.5, 0.6) is 0 Å². The minimum Gasteiger partial charge on any atom is -0.481 e. The summed E-state index contributed by atoms with van der Waals surface area (Å²) >= 11 is 11.3. The zero-order valence-corrected chi connectivity index (χ0v) is 11.0. The lowest BCUT2D eigenvalue weighted by molar-refractivity contribution is -0.136. The number of rotatable bonds is 6. The highest BCUT2D eigenvalue weighted by molar-refractivity contribution is 6.30. The summed E-state index contributed by atoms with van der Waals surface area (Å²) in [7, 11) is 0. The van der Waals surface area contributed by atoms with Gasteiger partial charge < -0.3 is 15.3 Å². The Morgan fingerprint density at radius 2 is 2.00 bits per heavy atom. The van der Waals surface area contributed by atoms with Gasteiger partial charge in [-0.25, -0.2) is 0 Å². The van der Waals surface area contributed by atoms with Crippen molar-refractivity contribution in [1.82, 2.24) is 0 Å². The third kappa shape index (κ3) is 4.14. The van der Waals surface area contributed by atoms with Crippen LogP contribution in [0.25, 0.3) is 0 Å². The van der Waals surface area contributed by atoms with E-state index >= 15 is 0 Å². The number of carboxylic acid groups (broad SMARTS) is 1. The molecule has 0 aromatic heterocycles. The van der Waals surface area contributed by atoms with E-state index in [1.54, 1.807) is 6.07 Å². The fourth-order valence-corrected chi connectivity index (χ4v) is 2.07. The Kier molecular flexibility index (Phi) is 5.88. The van der Waals surface area contributed by atoms with Crippen molar-refractivity contribution in [3.05, 3.63) is 34.3 Å². The Bertz CT molecular complexity index is 423. The van der Waals surface area contributed by atoms with Gasteiger partial charge in [0.05, 0.1) is 12.5 Å². The van der Waals surface area contributed by atoms with Crippen molar-refractivity contribution in [2.24, 2.45) is 0 Å². The smallest absolute Gasteiger partial charge is 0.307 e. The van der Waals surface area contributed by atoms with Gasteiger partial charge in [0.15, 0.2) is 0 Å². The van der Waals surface area contributed by atoms with E-state index in [0.29, 0.717) is 16.1 Å². The molecule has 6 heteroatoms. The lowest BCUT2D eigenvalue weighted by Crippen LogP contribution is -2.20. The van der Waals surface area contributed by atoms with Crippen LogP contribution in [0.1, 0.15) is 23.7 Å². The van der Waals surface area contributed by atoms with Crippen molar-refractivity contribution in [2.45, 2.75) is 25.0 Å². The van der Waals surface area contributed by atoms with Gasteiger partial charge in [-0.2, -0.15) is 0 Å². The molecule has 0 aliphatic carbocycles. The maximum absolute atomic E-state index is 10.7. The van der Waals surface area contributed by atoms with Gasteiger partial charge in [0.1, 0.15) is 6.10 Å². The summed E-state index contributed by atoms with van der Waals surface area (Å²) in [6.07, 6.45) is -2.25. The molecule has 0 aliphatic rings. The maximum atomic E-state index is 10.7. The van der Waals surface area contributed by atoms with E-state index < -0.39 is 18.2 Å². The molecule has 0 bridgehead atoms. The van der Waals surface area contributed by atoms with E-state index in [1.165, 1.54) is 12.1 Å². The predicted octanol–water partition coefficient (Wildman–Crippen LogP) is 1.99. The molecule has 1 rings (SSSR count). The first-order valence-corrected chi connectivity index (χ1v) is 6.29. The first kappa shape index (κ1) is 15.2. The molecule has 18 heavy (non-hydrogen) atoms. The highest BCUT2D eigenvalue weighted by Crippen LogP contribution is 2.26. The van der Waals surface area contributed by atoms with Crippen molar-refractivity contribution >= 4 is 29.2 Å². The van der Waals surface area contributed by atoms with Gasteiger partial charge in [0.25, 0.3) is 0 Å². The normalized spacial score (nSPS) is 14.2. The van der Waals surface area contributed by atoms with E-state index in [9.17, 15) is 15.0 Å². The first-order valence-electron chi connectivity index (χ1n) is 5.38. The molecule has 0 amide bonds. The fourth-order valence-electron chi connectivity index (χ4n) is 1.66. The van der Waals surface area contributed by atoms with E-state index in [4.69, 9.17) is 28.3 Å². The molecular weight excluding hydrogens is 279 g/mol. The van der Waals surface area contributed by atoms with Crippen LogP contribution >= 0.6 is 23.2 Å². The Morgan fingerprint density at radius 3 is 2.56 bits per heavy atom. The summed E-state index contributed by atoms with van der Waals surface area (Å²) in [6.45, 7) is 0. The average Bonchev–Trinajstić information content (AvgIpc) is 2.28. The molecule has 0 heterocycles. The average molecular weight is 293 g/mol. The fraction of sp³-hybridized carbons (Fsp3) is 0.417. The Morgan fingerprint density at radius 1 is 1.33 bits per heavy atom. The van der Waals surface area contributed by atoms with E-state index in [2.05, 4.69) is 0 Å². The van der Waals surface area contributed by atoms with Crippen LogP contribution < -0.4 is 0 Å². The van der Waals surface area contributed by atoms with Gasteiger partial charge in [-0.15, -0.1) is 11.6 Å². The van der Waals surface area contributed by atoms with Gasteiger partial charge in [0, 0.05) is 10.9 Å². The lowest BCUT2D eigenvalue weighted by Gasteiger charge is -2.20. The molecule has 0 aliphatic heterocycles. The third-order valence-electron chi connectivity index (χ3n) is 2.53. The summed E-state index contributed by atoms with van der Waals surface area (Å²) in [5.74, 6) is -0.822. The topological polar surface area (TPSA) is 77.8 Å². The molecule has 0 saturated carbocycles. The molecule has 3 N–H and O–H groups in total. The molecule has 1 aromatic rings. The van der Waals surface area contributed by atoms with Gasteiger partial charge in [-0.1, -0.05) is 17.7 Å². The molecule has 0 radical (unpaired) electrons. The Balaban J connectivity index is 3.02. The highest BCUT2D eigenvalue weighted by Gasteiger charge is 2.21. The van der Waals surface area contributed by atoms with Crippen LogP contribution in [-0.2, 0) is 11.2 Å². The summed E-state index contributed by atoms with van der Waals surface area (Å²) in [5.41, 5.74) is 0.746. The van der Waals surface area contributed by atoms with E-state index in [-0.39, 0.29) is 18.7 Å². The van der Waals surface area contributed by atoms with Crippen LogP contribution in [0.2, 0.25) is 5.02 Å². The Hall–Kier alpha value is -0.810. The molecule has 1 aromatic carbocycles. The third-order valence-corrected chi connectivity index (χ3v) is 2.99. The SMILES string of the molecule is O=C(O)Cc1cc(Cl)ccc1C(O)C(O)CCCl. The number of halogens is 2. The molecule has 0 spiro atoms. The van der Waals surface area contributed by atoms with Gasteiger partial charge >= 0.3 is 5.97 Å². The number of aliphatic hydroxyl groups is 2. The summed E-state index contributed by atoms with van der Waals surface area (Å²) in [6, 6.07) is 4.53. The van der Waals surface area contributed by atoms with Gasteiger partial charge in [0.2, 0.25) is 0 Å². The zero-order chi connectivity index (χ0) is 13.7. The van der Waals surface area contributed by atoms with E-state index in [0.717, 1.165) is 0 Å². The van der Waals surface area contributed by atoms with Crippen LogP contribution in [0.15, 0.2) is 18.2 Å². The van der Waals surface area contributed by atoms with Crippen LogP contribution in [0, 0.1) is 0 Å². The largest absolute Gasteiger partial charge is 0.481 e. The lowest BCUT2D eigenvalue weighted by atomic mass is 9.96. The number of carboxylic acids is 1. The van der Waals surface area contributed by atoms with Gasteiger partial charge in [-0.3, -0.25) is 4.79 Å². The molecule has 2 unspecified atom stereocenters. The van der Waals surface area contributed by atoms with Crippen molar-refractivity contribution in [2.75, 3.05) is 5.88 Å². The number of hydrogen-bond donors (Lipinski definition) is 3. The minimum atomic E-state index is -1.17.